The van der Waals surface area contributed by atoms with E-state index < -0.39 is 11.7 Å². The molecule has 7 heteroatoms. The highest BCUT2D eigenvalue weighted by molar-refractivity contribution is 6.43. The van der Waals surface area contributed by atoms with Crippen molar-refractivity contribution in [3.63, 3.8) is 0 Å². The minimum absolute atomic E-state index is 0.182. The molecule has 1 saturated heterocycles. The SMILES string of the molecule is COc1ccc(N2CCN(C(=O)CNC(=O)C(=O)c3cccc(C)c3)CC2)cc1. The molecule has 1 fully saturated rings. The second-order valence-corrected chi connectivity index (χ2v) is 6.95. The molecule has 0 aliphatic carbocycles. The van der Waals surface area contributed by atoms with Gasteiger partial charge in [0.1, 0.15) is 5.75 Å². The van der Waals surface area contributed by atoms with Crippen LogP contribution in [0.1, 0.15) is 15.9 Å². The number of ketones is 1. The number of hydrogen-bond donors (Lipinski definition) is 1. The molecule has 1 heterocycles. The summed E-state index contributed by atoms with van der Waals surface area (Å²) in [7, 11) is 1.63. The topological polar surface area (TPSA) is 79.0 Å². The number of benzene rings is 2. The Morgan fingerprint density at radius 1 is 1.00 bits per heavy atom. The second kappa shape index (κ2) is 9.23. The van der Waals surface area contributed by atoms with Gasteiger partial charge in [-0.2, -0.15) is 0 Å². The van der Waals surface area contributed by atoms with Crippen LogP contribution in [0.4, 0.5) is 5.69 Å². The fraction of sp³-hybridized carbons (Fsp3) is 0.318. The first kappa shape index (κ1) is 20.4. The molecule has 0 bridgehead atoms. The molecule has 7 nitrogen and oxygen atoms in total. The predicted molar refractivity (Wildman–Crippen MR) is 110 cm³/mol. The number of piperazine rings is 1. The average Bonchev–Trinajstić information content (AvgIpc) is 2.77. The molecular formula is C22H25N3O4. The van der Waals surface area contributed by atoms with Crippen molar-refractivity contribution >= 4 is 23.3 Å². The summed E-state index contributed by atoms with van der Waals surface area (Å²) in [5.74, 6) is -0.782. The highest BCUT2D eigenvalue weighted by atomic mass is 16.5. The van der Waals surface area contributed by atoms with Crippen LogP contribution in [-0.2, 0) is 9.59 Å². The van der Waals surface area contributed by atoms with E-state index in [-0.39, 0.29) is 12.5 Å². The molecule has 0 unspecified atom stereocenters. The second-order valence-electron chi connectivity index (χ2n) is 6.95. The lowest BCUT2D eigenvalue weighted by molar-refractivity contribution is -0.132. The van der Waals surface area contributed by atoms with Crippen molar-refractivity contribution in [2.45, 2.75) is 6.92 Å². The maximum Gasteiger partial charge on any atom is 0.292 e. The zero-order chi connectivity index (χ0) is 20.8. The van der Waals surface area contributed by atoms with E-state index in [0.717, 1.165) is 17.0 Å². The fourth-order valence-corrected chi connectivity index (χ4v) is 3.27. The number of methoxy groups -OCH3 is 1. The molecule has 1 N–H and O–H groups in total. The lowest BCUT2D eigenvalue weighted by Crippen LogP contribution is -2.51. The third kappa shape index (κ3) is 5.13. The molecule has 152 valence electrons. The quantitative estimate of drug-likeness (QED) is 0.594. The van der Waals surface area contributed by atoms with Crippen LogP contribution in [0.2, 0.25) is 0 Å². The highest BCUT2D eigenvalue weighted by Crippen LogP contribution is 2.20. The van der Waals surface area contributed by atoms with Gasteiger partial charge in [-0.05, 0) is 37.3 Å². The number of nitrogens with one attached hydrogen (secondary N) is 1. The summed E-state index contributed by atoms with van der Waals surface area (Å²) in [6.07, 6.45) is 0. The van der Waals surface area contributed by atoms with E-state index >= 15 is 0 Å². The van der Waals surface area contributed by atoms with Crippen molar-refractivity contribution in [1.82, 2.24) is 10.2 Å². The molecule has 3 rings (SSSR count). The third-order valence-corrected chi connectivity index (χ3v) is 4.96. The largest absolute Gasteiger partial charge is 0.497 e. The Morgan fingerprint density at radius 2 is 1.69 bits per heavy atom. The number of amides is 2. The summed E-state index contributed by atoms with van der Waals surface area (Å²) < 4.78 is 5.17. The Kier molecular flexibility index (Phi) is 6.49. The number of carbonyl (C=O) groups is 3. The van der Waals surface area contributed by atoms with Gasteiger partial charge in [0.25, 0.3) is 5.91 Å². The zero-order valence-corrected chi connectivity index (χ0v) is 16.7. The minimum atomic E-state index is -0.763. The summed E-state index contributed by atoms with van der Waals surface area (Å²) >= 11 is 0. The first-order chi connectivity index (χ1) is 14.0. The van der Waals surface area contributed by atoms with Gasteiger partial charge in [0.2, 0.25) is 11.7 Å². The maximum absolute atomic E-state index is 12.4. The molecule has 2 amide bonds. The van der Waals surface area contributed by atoms with E-state index in [0.29, 0.717) is 31.7 Å². The number of ether oxygens (including phenoxy) is 1. The van der Waals surface area contributed by atoms with Crippen LogP contribution < -0.4 is 15.0 Å². The van der Waals surface area contributed by atoms with Crippen molar-refractivity contribution in [2.24, 2.45) is 0 Å². The summed E-state index contributed by atoms with van der Waals surface area (Å²) in [6, 6.07) is 14.6. The van der Waals surface area contributed by atoms with Crippen LogP contribution in [0.25, 0.3) is 0 Å². The number of Topliss-reactive ketones (excluding diaryl/α,β-unsaturated/α-hetero) is 1. The molecule has 0 aromatic heterocycles. The standard InChI is InChI=1S/C22H25N3O4/c1-16-4-3-5-17(14-16)21(27)22(28)23-15-20(26)25-12-10-24(11-13-25)18-6-8-19(29-2)9-7-18/h3-9,14H,10-13,15H2,1-2H3,(H,23,28). The normalized spacial score (nSPS) is 13.7. The summed E-state index contributed by atoms with van der Waals surface area (Å²) in [5.41, 5.74) is 2.30. The van der Waals surface area contributed by atoms with E-state index in [1.807, 2.05) is 37.3 Å². The summed E-state index contributed by atoms with van der Waals surface area (Å²) in [6.45, 7) is 4.20. The van der Waals surface area contributed by atoms with E-state index in [2.05, 4.69) is 10.2 Å². The van der Waals surface area contributed by atoms with E-state index in [1.165, 1.54) is 0 Å². The fourth-order valence-electron chi connectivity index (χ4n) is 3.27. The van der Waals surface area contributed by atoms with Crippen LogP contribution in [0.3, 0.4) is 0 Å². The summed E-state index contributed by atoms with van der Waals surface area (Å²) in [4.78, 5) is 40.6. The number of aryl methyl sites for hydroxylation is 1. The van der Waals surface area contributed by atoms with Crippen LogP contribution in [0.15, 0.2) is 48.5 Å². The lowest BCUT2D eigenvalue weighted by atomic mass is 10.1. The molecule has 0 atom stereocenters. The third-order valence-electron chi connectivity index (χ3n) is 4.96. The molecule has 1 aliphatic heterocycles. The van der Waals surface area contributed by atoms with Crippen LogP contribution in [0.5, 0.6) is 5.75 Å². The Morgan fingerprint density at radius 3 is 2.31 bits per heavy atom. The van der Waals surface area contributed by atoms with Crippen molar-refractivity contribution in [3.8, 4) is 5.75 Å². The van der Waals surface area contributed by atoms with Crippen LogP contribution in [-0.4, -0.2) is 62.3 Å². The van der Waals surface area contributed by atoms with E-state index in [4.69, 9.17) is 4.74 Å². The molecule has 29 heavy (non-hydrogen) atoms. The van der Waals surface area contributed by atoms with Crippen molar-refractivity contribution in [1.29, 1.82) is 0 Å². The first-order valence-electron chi connectivity index (χ1n) is 9.54. The Hall–Kier alpha value is -3.35. The molecular weight excluding hydrogens is 370 g/mol. The average molecular weight is 395 g/mol. The van der Waals surface area contributed by atoms with Crippen molar-refractivity contribution in [3.05, 3.63) is 59.7 Å². The molecule has 2 aromatic carbocycles. The smallest absolute Gasteiger partial charge is 0.292 e. The predicted octanol–water partition coefficient (Wildman–Crippen LogP) is 1.65. The van der Waals surface area contributed by atoms with E-state index in [9.17, 15) is 14.4 Å². The van der Waals surface area contributed by atoms with E-state index in [1.54, 1.807) is 30.2 Å². The van der Waals surface area contributed by atoms with Crippen LogP contribution >= 0.6 is 0 Å². The van der Waals surface area contributed by atoms with Gasteiger partial charge >= 0.3 is 0 Å². The lowest BCUT2D eigenvalue weighted by Gasteiger charge is -2.36. The number of rotatable bonds is 6. The molecule has 0 saturated carbocycles. The monoisotopic (exact) mass is 395 g/mol. The van der Waals surface area contributed by atoms with Gasteiger partial charge in [-0.15, -0.1) is 0 Å². The van der Waals surface area contributed by atoms with Crippen molar-refractivity contribution < 1.29 is 19.1 Å². The van der Waals surface area contributed by atoms with Gasteiger partial charge in [-0.3, -0.25) is 14.4 Å². The highest BCUT2D eigenvalue weighted by Gasteiger charge is 2.23. The molecule has 1 aliphatic rings. The van der Waals surface area contributed by atoms with Crippen LogP contribution in [0, 0.1) is 6.92 Å². The van der Waals surface area contributed by atoms with Gasteiger partial charge in [0, 0.05) is 37.4 Å². The summed E-state index contributed by atoms with van der Waals surface area (Å²) in [5, 5.41) is 2.45. The van der Waals surface area contributed by atoms with Crippen molar-refractivity contribution in [2.75, 3.05) is 44.7 Å². The number of anilines is 1. The van der Waals surface area contributed by atoms with Gasteiger partial charge < -0.3 is 19.9 Å². The maximum atomic E-state index is 12.4. The van der Waals surface area contributed by atoms with Gasteiger partial charge in [-0.25, -0.2) is 0 Å². The van der Waals surface area contributed by atoms with Gasteiger partial charge in [-0.1, -0.05) is 23.8 Å². The Bertz CT molecular complexity index is 887. The minimum Gasteiger partial charge on any atom is -0.497 e. The molecule has 2 aromatic rings. The number of nitrogens with zero attached hydrogens (tertiary/aromatic N) is 2. The number of carbonyl (C=O) groups excluding carboxylic acids is 3. The number of hydrogen-bond acceptors (Lipinski definition) is 5. The zero-order valence-electron chi connectivity index (χ0n) is 16.7. The Labute approximate surface area is 170 Å². The first-order valence-corrected chi connectivity index (χ1v) is 9.54. The Balaban J connectivity index is 1.47. The van der Waals surface area contributed by atoms with Gasteiger partial charge in [0.05, 0.1) is 13.7 Å². The molecule has 0 spiro atoms. The molecule has 0 radical (unpaired) electrons. The van der Waals surface area contributed by atoms with Gasteiger partial charge in [0.15, 0.2) is 0 Å².